The summed E-state index contributed by atoms with van der Waals surface area (Å²) in [6.07, 6.45) is 1.71. The number of rotatable bonds is 3. The Labute approximate surface area is 95.5 Å². The van der Waals surface area contributed by atoms with Crippen LogP contribution in [-0.4, -0.2) is 12.0 Å². The molecule has 0 saturated heterocycles. The number of oxazole rings is 1. The van der Waals surface area contributed by atoms with Crippen molar-refractivity contribution in [1.29, 1.82) is 0 Å². The standard InChI is InChI=1S/C13H16N2O/c1-9-6-4-5-7-11(9)13-15-12(8-16-13)10(2)14-3/h4-8,10,14H,1-3H3. The minimum absolute atomic E-state index is 0.210. The molecule has 1 heterocycles. The number of benzene rings is 1. The summed E-state index contributed by atoms with van der Waals surface area (Å²) in [5.41, 5.74) is 3.16. The topological polar surface area (TPSA) is 38.1 Å². The van der Waals surface area contributed by atoms with E-state index in [-0.39, 0.29) is 6.04 Å². The molecule has 1 aromatic carbocycles. The summed E-state index contributed by atoms with van der Waals surface area (Å²) in [4.78, 5) is 4.48. The Balaban J connectivity index is 2.35. The van der Waals surface area contributed by atoms with Crippen molar-refractivity contribution < 1.29 is 4.42 Å². The molecule has 0 saturated carbocycles. The van der Waals surface area contributed by atoms with E-state index in [1.807, 2.05) is 25.2 Å². The summed E-state index contributed by atoms with van der Waals surface area (Å²) in [7, 11) is 1.91. The van der Waals surface area contributed by atoms with Crippen LogP contribution in [0.15, 0.2) is 34.9 Å². The number of nitrogens with zero attached hydrogens (tertiary/aromatic N) is 1. The Kier molecular flexibility index (Phi) is 3.06. The van der Waals surface area contributed by atoms with Gasteiger partial charge in [-0.2, -0.15) is 0 Å². The van der Waals surface area contributed by atoms with Crippen molar-refractivity contribution >= 4 is 0 Å². The van der Waals surface area contributed by atoms with Gasteiger partial charge in [-0.15, -0.1) is 0 Å². The van der Waals surface area contributed by atoms with Crippen LogP contribution in [-0.2, 0) is 0 Å². The smallest absolute Gasteiger partial charge is 0.226 e. The fourth-order valence-corrected chi connectivity index (χ4v) is 1.57. The van der Waals surface area contributed by atoms with Gasteiger partial charge in [0.1, 0.15) is 6.26 Å². The van der Waals surface area contributed by atoms with Crippen molar-refractivity contribution in [3.05, 3.63) is 41.8 Å². The predicted octanol–water partition coefficient (Wildman–Crippen LogP) is 2.93. The third kappa shape index (κ3) is 1.99. The maximum atomic E-state index is 5.50. The first-order chi connectivity index (χ1) is 7.72. The molecule has 1 atom stereocenters. The van der Waals surface area contributed by atoms with E-state index in [2.05, 4.69) is 30.2 Å². The van der Waals surface area contributed by atoms with E-state index in [0.29, 0.717) is 5.89 Å². The van der Waals surface area contributed by atoms with Gasteiger partial charge in [0, 0.05) is 11.6 Å². The molecule has 16 heavy (non-hydrogen) atoms. The van der Waals surface area contributed by atoms with Gasteiger partial charge >= 0.3 is 0 Å². The summed E-state index contributed by atoms with van der Waals surface area (Å²) >= 11 is 0. The number of aryl methyl sites for hydroxylation is 1. The Bertz CT molecular complexity index is 476. The van der Waals surface area contributed by atoms with Gasteiger partial charge in [0.25, 0.3) is 0 Å². The molecule has 0 amide bonds. The maximum absolute atomic E-state index is 5.50. The molecule has 1 N–H and O–H groups in total. The van der Waals surface area contributed by atoms with Gasteiger partial charge in [-0.1, -0.05) is 18.2 Å². The van der Waals surface area contributed by atoms with E-state index < -0.39 is 0 Å². The number of hydrogen-bond donors (Lipinski definition) is 1. The Hall–Kier alpha value is -1.61. The highest BCUT2D eigenvalue weighted by Gasteiger charge is 2.11. The summed E-state index contributed by atoms with van der Waals surface area (Å²) in [5, 5.41) is 3.14. The van der Waals surface area contributed by atoms with Crippen LogP contribution in [0.2, 0.25) is 0 Å². The van der Waals surface area contributed by atoms with Gasteiger partial charge in [-0.3, -0.25) is 0 Å². The van der Waals surface area contributed by atoms with E-state index >= 15 is 0 Å². The highest BCUT2D eigenvalue weighted by Crippen LogP contribution is 2.23. The highest BCUT2D eigenvalue weighted by molar-refractivity contribution is 5.58. The second-order valence-corrected chi connectivity index (χ2v) is 3.90. The summed E-state index contributed by atoms with van der Waals surface area (Å²) in [6, 6.07) is 8.30. The second kappa shape index (κ2) is 4.49. The first-order valence-corrected chi connectivity index (χ1v) is 5.41. The molecular formula is C13H16N2O. The van der Waals surface area contributed by atoms with Crippen molar-refractivity contribution in [3.8, 4) is 11.5 Å². The van der Waals surface area contributed by atoms with Gasteiger partial charge in [0.05, 0.1) is 5.69 Å². The fraction of sp³-hybridized carbons (Fsp3) is 0.308. The number of hydrogen-bond acceptors (Lipinski definition) is 3. The molecule has 0 radical (unpaired) electrons. The second-order valence-electron chi connectivity index (χ2n) is 3.90. The van der Waals surface area contributed by atoms with E-state index in [0.717, 1.165) is 11.3 Å². The molecule has 2 aromatic rings. The average molecular weight is 216 g/mol. The monoisotopic (exact) mass is 216 g/mol. The normalized spacial score (nSPS) is 12.7. The lowest BCUT2D eigenvalue weighted by molar-refractivity contribution is 0.564. The first kappa shape index (κ1) is 10.9. The molecule has 84 valence electrons. The average Bonchev–Trinajstić information content (AvgIpc) is 2.78. The zero-order valence-electron chi connectivity index (χ0n) is 9.82. The van der Waals surface area contributed by atoms with E-state index in [1.54, 1.807) is 6.26 Å². The third-order valence-electron chi connectivity index (χ3n) is 2.77. The van der Waals surface area contributed by atoms with Crippen LogP contribution in [0, 0.1) is 6.92 Å². The molecule has 3 nitrogen and oxygen atoms in total. The number of aromatic nitrogens is 1. The lowest BCUT2D eigenvalue weighted by Gasteiger charge is -2.04. The van der Waals surface area contributed by atoms with Crippen molar-refractivity contribution in [2.45, 2.75) is 19.9 Å². The third-order valence-corrected chi connectivity index (χ3v) is 2.77. The summed E-state index contributed by atoms with van der Waals surface area (Å²) in [6.45, 7) is 4.11. The first-order valence-electron chi connectivity index (χ1n) is 5.41. The Morgan fingerprint density at radius 3 is 2.75 bits per heavy atom. The highest BCUT2D eigenvalue weighted by atomic mass is 16.3. The number of nitrogens with one attached hydrogen (secondary N) is 1. The lowest BCUT2D eigenvalue weighted by atomic mass is 10.1. The molecule has 0 fully saturated rings. The molecule has 0 spiro atoms. The van der Waals surface area contributed by atoms with Crippen LogP contribution in [0.5, 0.6) is 0 Å². The van der Waals surface area contributed by atoms with E-state index in [9.17, 15) is 0 Å². The van der Waals surface area contributed by atoms with Crippen molar-refractivity contribution in [2.75, 3.05) is 7.05 Å². The molecule has 1 unspecified atom stereocenters. The van der Waals surface area contributed by atoms with Gasteiger partial charge in [-0.25, -0.2) is 4.98 Å². The fourth-order valence-electron chi connectivity index (χ4n) is 1.57. The van der Waals surface area contributed by atoms with Crippen LogP contribution in [0.25, 0.3) is 11.5 Å². The van der Waals surface area contributed by atoms with E-state index in [4.69, 9.17) is 4.42 Å². The van der Waals surface area contributed by atoms with Crippen LogP contribution >= 0.6 is 0 Å². The van der Waals surface area contributed by atoms with Crippen LogP contribution in [0.1, 0.15) is 24.2 Å². The van der Waals surface area contributed by atoms with Gasteiger partial charge in [0.2, 0.25) is 5.89 Å². The Morgan fingerprint density at radius 2 is 2.06 bits per heavy atom. The maximum Gasteiger partial charge on any atom is 0.226 e. The molecule has 0 aliphatic carbocycles. The zero-order valence-corrected chi connectivity index (χ0v) is 9.82. The molecule has 1 aromatic heterocycles. The molecule has 0 aliphatic heterocycles. The molecule has 3 heteroatoms. The van der Waals surface area contributed by atoms with Crippen LogP contribution in [0.3, 0.4) is 0 Å². The molecular weight excluding hydrogens is 200 g/mol. The van der Waals surface area contributed by atoms with Gasteiger partial charge < -0.3 is 9.73 Å². The minimum atomic E-state index is 0.210. The summed E-state index contributed by atoms with van der Waals surface area (Å²) < 4.78 is 5.50. The van der Waals surface area contributed by atoms with Gasteiger partial charge in [-0.05, 0) is 32.5 Å². The van der Waals surface area contributed by atoms with Crippen LogP contribution in [0.4, 0.5) is 0 Å². The quantitative estimate of drug-likeness (QED) is 0.857. The van der Waals surface area contributed by atoms with Crippen molar-refractivity contribution in [2.24, 2.45) is 0 Å². The van der Waals surface area contributed by atoms with Crippen molar-refractivity contribution in [1.82, 2.24) is 10.3 Å². The van der Waals surface area contributed by atoms with Crippen LogP contribution < -0.4 is 5.32 Å². The lowest BCUT2D eigenvalue weighted by Crippen LogP contribution is -2.12. The predicted molar refractivity (Wildman–Crippen MR) is 64.2 cm³/mol. The van der Waals surface area contributed by atoms with Crippen molar-refractivity contribution in [3.63, 3.8) is 0 Å². The molecule has 2 rings (SSSR count). The van der Waals surface area contributed by atoms with E-state index in [1.165, 1.54) is 5.56 Å². The minimum Gasteiger partial charge on any atom is -0.444 e. The molecule has 0 bridgehead atoms. The summed E-state index contributed by atoms with van der Waals surface area (Å²) in [5.74, 6) is 0.690. The SMILES string of the molecule is CNC(C)c1coc(-c2ccccc2C)n1. The Morgan fingerprint density at radius 1 is 1.31 bits per heavy atom. The zero-order chi connectivity index (χ0) is 11.5. The largest absolute Gasteiger partial charge is 0.444 e. The molecule has 0 aliphatic rings. The van der Waals surface area contributed by atoms with Gasteiger partial charge in [0.15, 0.2) is 0 Å².